The van der Waals surface area contributed by atoms with Gasteiger partial charge in [0.2, 0.25) is 5.78 Å². The molecule has 0 radical (unpaired) electrons. The number of ether oxygens (including phenoxy) is 3. The van der Waals surface area contributed by atoms with Crippen molar-refractivity contribution in [2.75, 3.05) is 46.8 Å². The first-order chi connectivity index (χ1) is 13.2. The van der Waals surface area contributed by atoms with E-state index in [9.17, 15) is 4.79 Å². The van der Waals surface area contributed by atoms with Crippen molar-refractivity contribution >= 4 is 11.5 Å². The molecule has 0 N–H and O–H groups in total. The number of fused-ring (bicyclic) bond motifs is 2. The lowest BCUT2D eigenvalue weighted by Gasteiger charge is -2.17. The number of hydrogen-bond donors (Lipinski definition) is 0. The van der Waals surface area contributed by atoms with Crippen LogP contribution < -0.4 is 0 Å². The van der Waals surface area contributed by atoms with Gasteiger partial charge in [0.1, 0.15) is 23.7 Å². The van der Waals surface area contributed by atoms with Gasteiger partial charge in [0.25, 0.3) is 0 Å². The summed E-state index contributed by atoms with van der Waals surface area (Å²) in [5.41, 5.74) is 2.93. The molecule has 0 fully saturated rings. The van der Waals surface area contributed by atoms with Gasteiger partial charge in [0, 0.05) is 25.3 Å². The monoisotopic (exact) mass is 373 g/mol. The zero-order valence-corrected chi connectivity index (χ0v) is 15.5. The summed E-state index contributed by atoms with van der Waals surface area (Å²) in [6.07, 6.45) is 1.61. The molecular weight excluding hydrogens is 350 g/mol. The summed E-state index contributed by atoms with van der Waals surface area (Å²) in [4.78, 5) is 22.4. The van der Waals surface area contributed by atoms with Crippen LogP contribution in [-0.2, 0) is 26.1 Å². The summed E-state index contributed by atoms with van der Waals surface area (Å²) in [5.74, 6) is -0.0589. The standard InChI is InChI=1S/C19H23N3O5/c1-22-13-20-17-16(14-5-3-4-6-15(14)19(23)18(17)22)21-27-12-11-26-10-9-25-8-7-24-2/h3-6,13H,7-12H2,1-2H3/b21-16-. The fourth-order valence-electron chi connectivity index (χ4n) is 2.78. The average molecular weight is 373 g/mol. The number of imidazole rings is 1. The average Bonchev–Trinajstić information content (AvgIpc) is 3.07. The van der Waals surface area contributed by atoms with E-state index in [2.05, 4.69) is 10.1 Å². The van der Waals surface area contributed by atoms with E-state index >= 15 is 0 Å². The van der Waals surface area contributed by atoms with E-state index in [1.54, 1.807) is 31.1 Å². The summed E-state index contributed by atoms with van der Waals surface area (Å²) in [5, 5.41) is 4.23. The first-order valence-corrected chi connectivity index (χ1v) is 8.74. The Bertz CT molecular complexity index is 815. The molecule has 0 aliphatic heterocycles. The summed E-state index contributed by atoms with van der Waals surface area (Å²) in [7, 11) is 3.42. The van der Waals surface area contributed by atoms with Gasteiger partial charge in [0.05, 0.1) is 39.4 Å². The quantitative estimate of drug-likeness (QED) is 0.395. The Morgan fingerprint density at radius 3 is 2.41 bits per heavy atom. The number of oxime groups is 1. The van der Waals surface area contributed by atoms with E-state index in [1.807, 2.05) is 18.2 Å². The molecule has 144 valence electrons. The van der Waals surface area contributed by atoms with Crippen molar-refractivity contribution in [3.63, 3.8) is 0 Å². The number of hydrogen-bond acceptors (Lipinski definition) is 7. The third kappa shape index (κ3) is 4.41. The van der Waals surface area contributed by atoms with Crippen LogP contribution in [0.3, 0.4) is 0 Å². The molecule has 1 heterocycles. The molecule has 27 heavy (non-hydrogen) atoms. The lowest BCUT2D eigenvalue weighted by Crippen LogP contribution is -2.23. The predicted molar refractivity (Wildman–Crippen MR) is 98.2 cm³/mol. The van der Waals surface area contributed by atoms with Crippen LogP contribution in [0.2, 0.25) is 0 Å². The maximum atomic E-state index is 12.7. The maximum Gasteiger partial charge on any atom is 0.212 e. The number of nitrogens with zero attached hydrogens (tertiary/aromatic N) is 3. The maximum absolute atomic E-state index is 12.7. The van der Waals surface area contributed by atoms with Crippen molar-refractivity contribution in [3.05, 3.63) is 53.1 Å². The summed E-state index contributed by atoms with van der Waals surface area (Å²) in [6.45, 7) is 2.78. The Morgan fingerprint density at radius 2 is 1.67 bits per heavy atom. The lowest BCUT2D eigenvalue weighted by molar-refractivity contribution is 0.00453. The normalized spacial score (nSPS) is 14.3. The van der Waals surface area contributed by atoms with Crippen molar-refractivity contribution < 1.29 is 23.8 Å². The second kappa shape index (κ2) is 9.40. The molecule has 0 spiro atoms. The largest absolute Gasteiger partial charge is 0.393 e. The van der Waals surface area contributed by atoms with Crippen molar-refractivity contribution in [2.45, 2.75) is 0 Å². The molecule has 8 heteroatoms. The highest BCUT2D eigenvalue weighted by atomic mass is 16.6. The third-order valence-corrected chi connectivity index (χ3v) is 4.08. The number of rotatable bonds is 10. The molecule has 1 aromatic heterocycles. The first-order valence-electron chi connectivity index (χ1n) is 8.74. The zero-order valence-electron chi connectivity index (χ0n) is 15.5. The van der Waals surface area contributed by atoms with Crippen LogP contribution in [-0.4, -0.2) is 67.8 Å². The molecule has 0 atom stereocenters. The first kappa shape index (κ1) is 19.2. The Kier molecular flexibility index (Phi) is 6.69. The van der Waals surface area contributed by atoms with E-state index in [0.29, 0.717) is 62.3 Å². The highest BCUT2D eigenvalue weighted by molar-refractivity contribution is 6.28. The van der Waals surface area contributed by atoms with E-state index in [1.165, 1.54) is 0 Å². The minimum atomic E-state index is -0.0589. The smallest absolute Gasteiger partial charge is 0.212 e. The van der Waals surface area contributed by atoms with Crippen molar-refractivity contribution in [1.29, 1.82) is 0 Å². The molecule has 0 saturated carbocycles. The second-order valence-electron chi connectivity index (χ2n) is 5.92. The minimum Gasteiger partial charge on any atom is -0.393 e. The van der Waals surface area contributed by atoms with Gasteiger partial charge < -0.3 is 23.6 Å². The summed E-state index contributed by atoms with van der Waals surface area (Å²) in [6, 6.07) is 7.33. The van der Waals surface area contributed by atoms with Gasteiger partial charge in [-0.25, -0.2) is 4.98 Å². The van der Waals surface area contributed by atoms with Gasteiger partial charge >= 0.3 is 0 Å². The topological polar surface area (TPSA) is 84.2 Å². The molecule has 1 aliphatic rings. The molecular formula is C19H23N3O5. The van der Waals surface area contributed by atoms with E-state index in [4.69, 9.17) is 19.0 Å². The van der Waals surface area contributed by atoms with Crippen LogP contribution in [0.15, 0.2) is 35.7 Å². The van der Waals surface area contributed by atoms with Crippen molar-refractivity contribution in [3.8, 4) is 0 Å². The van der Waals surface area contributed by atoms with Crippen molar-refractivity contribution in [2.24, 2.45) is 12.2 Å². The minimum absolute atomic E-state index is 0.0589. The molecule has 3 rings (SSSR count). The van der Waals surface area contributed by atoms with Crippen LogP contribution in [0.5, 0.6) is 0 Å². The molecule has 1 aliphatic carbocycles. The number of carbonyl (C=O) groups is 1. The highest BCUT2D eigenvalue weighted by Crippen LogP contribution is 2.26. The number of carbonyl (C=O) groups excluding carboxylic acids is 1. The lowest BCUT2D eigenvalue weighted by atomic mass is 9.89. The SMILES string of the molecule is COCCOCCOCCO/N=C1/c2ccccc2C(=O)c2c1ncn2C. The van der Waals surface area contributed by atoms with Gasteiger partial charge in [-0.1, -0.05) is 29.4 Å². The Hall–Kier alpha value is -2.55. The van der Waals surface area contributed by atoms with Crippen LogP contribution in [0, 0.1) is 0 Å². The number of benzene rings is 1. The van der Waals surface area contributed by atoms with E-state index in [0.717, 1.165) is 5.56 Å². The summed E-state index contributed by atoms with van der Waals surface area (Å²) < 4.78 is 17.3. The van der Waals surface area contributed by atoms with Crippen LogP contribution in [0.1, 0.15) is 27.3 Å². The number of methoxy groups -OCH3 is 1. The van der Waals surface area contributed by atoms with Crippen molar-refractivity contribution in [1.82, 2.24) is 9.55 Å². The van der Waals surface area contributed by atoms with E-state index < -0.39 is 0 Å². The van der Waals surface area contributed by atoms with Gasteiger partial charge in [-0.2, -0.15) is 0 Å². The molecule has 0 bridgehead atoms. The Morgan fingerprint density at radius 1 is 1.00 bits per heavy atom. The highest BCUT2D eigenvalue weighted by Gasteiger charge is 2.32. The van der Waals surface area contributed by atoms with E-state index in [-0.39, 0.29) is 5.78 Å². The fourth-order valence-corrected chi connectivity index (χ4v) is 2.78. The molecule has 2 aromatic rings. The number of aromatic nitrogens is 2. The van der Waals surface area contributed by atoms with Crippen LogP contribution in [0.25, 0.3) is 0 Å². The number of ketones is 1. The van der Waals surface area contributed by atoms with Gasteiger partial charge in [0.15, 0.2) is 0 Å². The van der Waals surface area contributed by atoms with Gasteiger partial charge in [-0.15, -0.1) is 0 Å². The van der Waals surface area contributed by atoms with Crippen LogP contribution >= 0.6 is 0 Å². The third-order valence-electron chi connectivity index (χ3n) is 4.08. The zero-order chi connectivity index (χ0) is 19.1. The molecule has 0 amide bonds. The molecule has 0 saturated heterocycles. The van der Waals surface area contributed by atoms with Gasteiger partial charge in [-0.3, -0.25) is 4.79 Å². The molecule has 1 aromatic carbocycles. The molecule has 0 unspecified atom stereocenters. The Balaban J connectivity index is 1.57. The Labute approximate surface area is 157 Å². The second-order valence-corrected chi connectivity index (χ2v) is 5.92. The number of aryl methyl sites for hydroxylation is 1. The van der Waals surface area contributed by atoms with Gasteiger partial charge in [-0.05, 0) is 0 Å². The fraction of sp³-hybridized carbons (Fsp3) is 0.421. The summed E-state index contributed by atoms with van der Waals surface area (Å²) >= 11 is 0. The predicted octanol–water partition coefficient (Wildman–Crippen LogP) is 1.41. The molecule has 8 nitrogen and oxygen atoms in total. The van der Waals surface area contributed by atoms with Crippen LogP contribution in [0.4, 0.5) is 0 Å².